The van der Waals surface area contributed by atoms with Gasteiger partial charge in [-0.15, -0.1) is 0 Å². The van der Waals surface area contributed by atoms with Crippen LogP contribution in [-0.2, 0) is 10.0 Å². The van der Waals surface area contributed by atoms with E-state index < -0.39 is 10.0 Å². The lowest BCUT2D eigenvalue weighted by atomic mass is 10.2. The molecule has 180 valence electrons. The third kappa shape index (κ3) is 6.31. The molecule has 0 aliphatic carbocycles. The van der Waals surface area contributed by atoms with E-state index in [2.05, 4.69) is 31.0 Å². The average molecular weight is 477 g/mol. The number of hydrogen-bond donors (Lipinski definition) is 1. The van der Waals surface area contributed by atoms with E-state index in [9.17, 15) is 17.6 Å². The van der Waals surface area contributed by atoms with Gasteiger partial charge in [0, 0.05) is 56.6 Å². The summed E-state index contributed by atoms with van der Waals surface area (Å²) >= 11 is 0. The van der Waals surface area contributed by atoms with Crippen molar-refractivity contribution in [2.75, 3.05) is 50.7 Å². The molecule has 2 aromatic carbocycles. The Morgan fingerprint density at radius 3 is 2.36 bits per heavy atom. The zero-order valence-electron chi connectivity index (χ0n) is 19.5. The maximum Gasteiger partial charge on any atom is 0.251 e. The first-order chi connectivity index (χ1) is 15.7. The largest absolute Gasteiger partial charge is 0.369 e. The monoisotopic (exact) mass is 476 g/mol. The van der Waals surface area contributed by atoms with Gasteiger partial charge in [0.25, 0.3) is 5.91 Å². The summed E-state index contributed by atoms with van der Waals surface area (Å²) in [5, 5.41) is 2.88. The Morgan fingerprint density at radius 2 is 1.76 bits per heavy atom. The Labute approximate surface area is 196 Å². The predicted molar refractivity (Wildman–Crippen MR) is 129 cm³/mol. The minimum Gasteiger partial charge on any atom is -0.369 e. The molecular formula is C24H33FN4O3S. The quantitative estimate of drug-likeness (QED) is 0.603. The highest BCUT2D eigenvalue weighted by Crippen LogP contribution is 2.22. The molecule has 0 unspecified atom stereocenters. The van der Waals surface area contributed by atoms with Gasteiger partial charge in [-0.05, 0) is 62.9 Å². The SMILES string of the molecule is CCN(CCNC(=O)c1cccc(S(=O)(=O)N2CCN(c3ccc(F)cc3)CC2)c1)C(C)C. The highest BCUT2D eigenvalue weighted by atomic mass is 32.2. The molecule has 1 saturated heterocycles. The van der Waals surface area contributed by atoms with E-state index in [1.165, 1.54) is 28.6 Å². The number of nitrogens with zero attached hydrogens (tertiary/aromatic N) is 3. The van der Waals surface area contributed by atoms with Crippen LogP contribution in [-0.4, -0.2) is 75.4 Å². The molecule has 1 amide bonds. The summed E-state index contributed by atoms with van der Waals surface area (Å²) in [5.41, 5.74) is 1.19. The molecule has 1 aliphatic heterocycles. The van der Waals surface area contributed by atoms with Crippen LogP contribution in [0.15, 0.2) is 53.4 Å². The molecule has 1 heterocycles. The van der Waals surface area contributed by atoms with Crippen molar-refractivity contribution in [2.45, 2.75) is 31.7 Å². The molecule has 1 N–H and O–H groups in total. The second kappa shape index (κ2) is 11.1. The Morgan fingerprint density at radius 1 is 1.09 bits per heavy atom. The minimum absolute atomic E-state index is 0.114. The number of halogens is 1. The summed E-state index contributed by atoms with van der Waals surface area (Å²) in [6, 6.07) is 12.8. The van der Waals surface area contributed by atoms with Crippen molar-refractivity contribution < 1.29 is 17.6 Å². The van der Waals surface area contributed by atoms with Gasteiger partial charge in [0.2, 0.25) is 10.0 Å². The van der Waals surface area contributed by atoms with E-state index >= 15 is 0 Å². The topological polar surface area (TPSA) is 73.0 Å². The number of likely N-dealkylation sites (N-methyl/N-ethyl adjacent to an activating group) is 1. The number of hydrogen-bond acceptors (Lipinski definition) is 5. The molecule has 33 heavy (non-hydrogen) atoms. The minimum atomic E-state index is -3.72. The van der Waals surface area contributed by atoms with Gasteiger partial charge in [-0.2, -0.15) is 4.31 Å². The maximum absolute atomic E-state index is 13.2. The van der Waals surface area contributed by atoms with Crippen LogP contribution >= 0.6 is 0 Å². The molecular weight excluding hydrogens is 443 g/mol. The third-order valence-corrected chi connectivity index (χ3v) is 7.88. The lowest BCUT2D eigenvalue weighted by molar-refractivity contribution is 0.0945. The van der Waals surface area contributed by atoms with Crippen LogP contribution in [0.3, 0.4) is 0 Å². The molecule has 3 rings (SSSR count). The van der Waals surface area contributed by atoms with Crippen molar-refractivity contribution in [1.82, 2.24) is 14.5 Å². The van der Waals surface area contributed by atoms with Gasteiger partial charge in [-0.1, -0.05) is 13.0 Å². The lowest BCUT2D eigenvalue weighted by Gasteiger charge is -2.35. The normalized spacial score (nSPS) is 15.3. The van der Waals surface area contributed by atoms with Crippen molar-refractivity contribution in [1.29, 1.82) is 0 Å². The Balaban J connectivity index is 1.61. The highest BCUT2D eigenvalue weighted by molar-refractivity contribution is 7.89. The fraction of sp³-hybridized carbons (Fsp3) is 0.458. The molecule has 1 fully saturated rings. The molecule has 9 heteroatoms. The number of benzene rings is 2. The van der Waals surface area contributed by atoms with Gasteiger partial charge in [0.15, 0.2) is 0 Å². The van der Waals surface area contributed by atoms with E-state index in [4.69, 9.17) is 0 Å². The van der Waals surface area contributed by atoms with Gasteiger partial charge in [0.05, 0.1) is 4.90 Å². The number of carbonyl (C=O) groups excluding carboxylic acids is 1. The van der Waals surface area contributed by atoms with Gasteiger partial charge >= 0.3 is 0 Å². The predicted octanol–water partition coefficient (Wildman–Crippen LogP) is 2.80. The van der Waals surface area contributed by atoms with Gasteiger partial charge in [-0.3, -0.25) is 9.69 Å². The smallest absolute Gasteiger partial charge is 0.251 e. The van der Waals surface area contributed by atoms with Gasteiger partial charge < -0.3 is 10.2 Å². The van der Waals surface area contributed by atoms with Crippen molar-refractivity contribution in [3.05, 3.63) is 59.9 Å². The maximum atomic E-state index is 13.2. The molecule has 0 radical (unpaired) electrons. The van der Waals surface area contributed by atoms with E-state index in [0.29, 0.717) is 44.3 Å². The molecule has 7 nitrogen and oxygen atoms in total. The Kier molecular flexibility index (Phi) is 8.45. The van der Waals surface area contributed by atoms with Gasteiger partial charge in [-0.25, -0.2) is 12.8 Å². The third-order valence-electron chi connectivity index (χ3n) is 5.99. The molecule has 0 spiro atoms. The van der Waals surface area contributed by atoms with E-state index in [0.717, 1.165) is 18.8 Å². The first-order valence-electron chi connectivity index (χ1n) is 11.4. The first kappa shape index (κ1) is 25.1. The standard InChI is InChI=1S/C24H33FN4O3S/c1-4-27(19(2)3)13-12-26-24(30)20-6-5-7-23(18-20)33(31,32)29-16-14-28(15-17-29)22-10-8-21(25)9-11-22/h5-11,18-19H,4,12-17H2,1-3H3,(H,26,30). The highest BCUT2D eigenvalue weighted by Gasteiger charge is 2.29. The van der Waals surface area contributed by atoms with Crippen LogP contribution in [0, 0.1) is 5.82 Å². The van der Waals surface area contributed by atoms with Crippen LogP contribution in [0.5, 0.6) is 0 Å². The van der Waals surface area contributed by atoms with E-state index in [-0.39, 0.29) is 16.6 Å². The van der Waals surface area contributed by atoms with Crippen LogP contribution in [0.1, 0.15) is 31.1 Å². The second-order valence-corrected chi connectivity index (χ2v) is 10.3. The van der Waals surface area contributed by atoms with Crippen molar-refractivity contribution in [2.24, 2.45) is 0 Å². The summed E-state index contributed by atoms with van der Waals surface area (Å²) in [6.07, 6.45) is 0. The number of carbonyl (C=O) groups is 1. The molecule has 0 atom stereocenters. The fourth-order valence-corrected chi connectivity index (χ4v) is 5.45. The zero-order valence-corrected chi connectivity index (χ0v) is 20.3. The number of amides is 1. The first-order valence-corrected chi connectivity index (χ1v) is 12.8. The summed E-state index contributed by atoms with van der Waals surface area (Å²) in [7, 11) is -3.72. The fourth-order valence-electron chi connectivity index (χ4n) is 3.98. The molecule has 0 saturated carbocycles. The van der Waals surface area contributed by atoms with E-state index in [1.807, 2.05) is 4.90 Å². The molecule has 0 aromatic heterocycles. The molecule has 1 aliphatic rings. The molecule has 0 bridgehead atoms. The number of nitrogens with one attached hydrogen (secondary N) is 1. The Bertz CT molecular complexity index is 1040. The summed E-state index contributed by atoms with van der Waals surface area (Å²) < 4.78 is 41.0. The van der Waals surface area contributed by atoms with Gasteiger partial charge in [0.1, 0.15) is 5.82 Å². The average Bonchev–Trinajstić information content (AvgIpc) is 2.82. The zero-order chi connectivity index (χ0) is 24.0. The summed E-state index contributed by atoms with van der Waals surface area (Å²) in [6.45, 7) is 10.1. The van der Waals surface area contributed by atoms with Crippen molar-refractivity contribution >= 4 is 21.6 Å². The number of piperazine rings is 1. The number of anilines is 1. The molecule has 2 aromatic rings. The lowest BCUT2D eigenvalue weighted by Crippen LogP contribution is -2.48. The van der Waals surface area contributed by atoms with Crippen LogP contribution < -0.4 is 10.2 Å². The number of sulfonamides is 1. The Hall–Kier alpha value is -2.49. The van der Waals surface area contributed by atoms with Crippen LogP contribution in [0.25, 0.3) is 0 Å². The van der Waals surface area contributed by atoms with Crippen molar-refractivity contribution in [3.63, 3.8) is 0 Å². The summed E-state index contributed by atoms with van der Waals surface area (Å²) in [5.74, 6) is -0.584. The van der Waals surface area contributed by atoms with Crippen molar-refractivity contribution in [3.8, 4) is 0 Å². The van der Waals surface area contributed by atoms with Crippen LogP contribution in [0.4, 0.5) is 10.1 Å². The second-order valence-electron chi connectivity index (χ2n) is 8.37. The van der Waals surface area contributed by atoms with Crippen LogP contribution in [0.2, 0.25) is 0 Å². The number of rotatable bonds is 9. The van der Waals surface area contributed by atoms with E-state index in [1.54, 1.807) is 24.3 Å². The summed E-state index contributed by atoms with van der Waals surface area (Å²) in [4.78, 5) is 17.0.